The highest BCUT2D eigenvalue weighted by Gasteiger charge is 2.16. The van der Waals surface area contributed by atoms with E-state index in [-0.39, 0.29) is 6.54 Å². The van der Waals surface area contributed by atoms with Gasteiger partial charge in [-0.3, -0.25) is 0 Å². The Morgan fingerprint density at radius 2 is 2.12 bits per heavy atom. The summed E-state index contributed by atoms with van der Waals surface area (Å²) < 4.78 is 31.3. The van der Waals surface area contributed by atoms with Gasteiger partial charge >= 0.3 is 10.2 Å². The standard InChI is InChI=1S/C3H8FNO2S/c1-3(2-5)8(4,6)7/h3H,2,5H2,1H3. The molecule has 8 heavy (non-hydrogen) atoms. The molecule has 5 heteroatoms. The highest BCUT2D eigenvalue weighted by atomic mass is 32.3. The summed E-state index contributed by atoms with van der Waals surface area (Å²) in [5, 5.41) is -1.07. The minimum atomic E-state index is -4.38. The maximum atomic E-state index is 11.7. The first-order valence-corrected chi connectivity index (χ1v) is 3.56. The van der Waals surface area contributed by atoms with Crippen molar-refractivity contribution in [3.8, 4) is 0 Å². The molecule has 0 saturated carbocycles. The number of halogens is 1. The first-order chi connectivity index (χ1) is 3.48. The maximum Gasteiger partial charge on any atom is 0.306 e. The molecule has 0 saturated heterocycles. The highest BCUT2D eigenvalue weighted by Crippen LogP contribution is 1.98. The molecule has 2 N–H and O–H groups in total. The van der Waals surface area contributed by atoms with Gasteiger partial charge in [0.15, 0.2) is 0 Å². The third-order valence-electron chi connectivity index (χ3n) is 0.813. The lowest BCUT2D eigenvalue weighted by Gasteiger charge is -1.98. The second-order valence-electron chi connectivity index (χ2n) is 1.52. The Morgan fingerprint density at radius 3 is 2.12 bits per heavy atom. The minimum Gasteiger partial charge on any atom is -0.329 e. The van der Waals surface area contributed by atoms with Gasteiger partial charge in [0, 0.05) is 6.54 Å². The Hall–Kier alpha value is -0.160. The van der Waals surface area contributed by atoms with Crippen LogP contribution >= 0.6 is 0 Å². The average molecular weight is 141 g/mol. The third-order valence-corrected chi connectivity index (χ3v) is 1.97. The molecular formula is C3H8FNO2S. The van der Waals surface area contributed by atoms with Crippen molar-refractivity contribution in [2.75, 3.05) is 6.54 Å². The zero-order valence-corrected chi connectivity index (χ0v) is 5.28. The van der Waals surface area contributed by atoms with Crippen LogP contribution in [-0.2, 0) is 10.2 Å². The number of hydrogen-bond acceptors (Lipinski definition) is 3. The van der Waals surface area contributed by atoms with Gasteiger partial charge in [-0.2, -0.15) is 8.42 Å². The second kappa shape index (κ2) is 2.41. The van der Waals surface area contributed by atoms with Gasteiger partial charge in [-0.15, -0.1) is 3.89 Å². The Morgan fingerprint density at radius 1 is 1.75 bits per heavy atom. The molecule has 0 fully saturated rings. The predicted octanol–water partition coefficient (Wildman–Crippen LogP) is -0.367. The Labute approximate surface area is 47.9 Å². The van der Waals surface area contributed by atoms with Crippen LogP contribution in [0.15, 0.2) is 0 Å². The fraction of sp³-hybridized carbons (Fsp3) is 1.00. The van der Waals surface area contributed by atoms with E-state index in [0.717, 1.165) is 0 Å². The molecule has 50 valence electrons. The Kier molecular flexibility index (Phi) is 2.36. The van der Waals surface area contributed by atoms with E-state index in [1.807, 2.05) is 0 Å². The molecule has 0 bridgehead atoms. The first-order valence-electron chi connectivity index (χ1n) is 2.12. The maximum absolute atomic E-state index is 11.7. The van der Waals surface area contributed by atoms with Crippen molar-refractivity contribution in [2.24, 2.45) is 5.73 Å². The quantitative estimate of drug-likeness (QED) is 0.534. The van der Waals surface area contributed by atoms with E-state index >= 15 is 0 Å². The van der Waals surface area contributed by atoms with Gasteiger partial charge in [-0.05, 0) is 6.92 Å². The van der Waals surface area contributed by atoms with Crippen LogP contribution in [0.3, 0.4) is 0 Å². The molecule has 1 unspecified atom stereocenters. The van der Waals surface area contributed by atoms with Crippen molar-refractivity contribution in [1.82, 2.24) is 0 Å². The molecule has 0 rings (SSSR count). The van der Waals surface area contributed by atoms with E-state index in [9.17, 15) is 12.3 Å². The summed E-state index contributed by atoms with van der Waals surface area (Å²) in [6.45, 7) is 1.05. The summed E-state index contributed by atoms with van der Waals surface area (Å²) in [4.78, 5) is 0. The van der Waals surface area contributed by atoms with Crippen molar-refractivity contribution in [1.29, 1.82) is 0 Å². The molecule has 0 aromatic rings. The second-order valence-corrected chi connectivity index (χ2v) is 3.28. The number of rotatable bonds is 2. The number of nitrogens with two attached hydrogens (primary N) is 1. The van der Waals surface area contributed by atoms with Gasteiger partial charge in [0.05, 0.1) is 0 Å². The van der Waals surface area contributed by atoms with Crippen molar-refractivity contribution in [3.05, 3.63) is 0 Å². The van der Waals surface area contributed by atoms with Crippen LogP contribution in [0.4, 0.5) is 3.89 Å². The average Bonchev–Trinajstić information content (AvgIpc) is 1.62. The molecule has 0 amide bonds. The Balaban J connectivity index is 4.04. The molecule has 1 atom stereocenters. The third kappa shape index (κ3) is 2.23. The molecule has 0 aliphatic carbocycles. The predicted molar refractivity (Wildman–Crippen MR) is 28.5 cm³/mol. The smallest absolute Gasteiger partial charge is 0.306 e. The van der Waals surface area contributed by atoms with Crippen molar-refractivity contribution in [3.63, 3.8) is 0 Å². The lowest BCUT2D eigenvalue weighted by molar-refractivity contribution is 0.538. The zero-order valence-electron chi connectivity index (χ0n) is 4.46. The lowest BCUT2D eigenvalue weighted by atomic mass is 10.5. The summed E-state index contributed by atoms with van der Waals surface area (Å²) in [6, 6.07) is 0. The van der Waals surface area contributed by atoms with Crippen molar-refractivity contribution < 1.29 is 12.3 Å². The fourth-order valence-electron chi connectivity index (χ4n) is 0.115. The van der Waals surface area contributed by atoms with Crippen LogP contribution in [0.5, 0.6) is 0 Å². The van der Waals surface area contributed by atoms with Crippen LogP contribution in [-0.4, -0.2) is 20.2 Å². The molecule has 0 heterocycles. The minimum absolute atomic E-state index is 0.168. The van der Waals surface area contributed by atoms with E-state index in [1.165, 1.54) is 6.92 Å². The topological polar surface area (TPSA) is 60.2 Å². The highest BCUT2D eigenvalue weighted by molar-refractivity contribution is 7.87. The molecule has 0 spiro atoms. The van der Waals surface area contributed by atoms with Gasteiger partial charge in [0.25, 0.3) is 0 Å². The van der Waals surface area contributed by atoms with Crippen molar-refractivity contribution >= 4 is 10.2 Å². The van der Waals surface area contributed by atoms with Crippen molar-refractivity contribution in [2.45, 2.75) is 12.2 Å². The van der Waals surface area contributed by atoms with Gasteiger partial charge < -0.3 is 5.73 Å². The zero-order chi connectivity index (χ0) is 6.78. The summed E-state index contributed by atoms with van der Waals surface area (Å²) in [5.74, 6) is 0. The fourth-order valence-corrected chi connectivity index (χ4v) is 0.345. The monoisotopic (exact) mass is 141 g/mol. The molecule has 3 nitrogen and oxygen atoms in total. The van der Waals surface area contributed by atoms with Gasteiger partial charge in [0.2, 0.25) is 0 Å². The van der Waals surface area contributed by atoms with E-state index < -0.39 is 15.5 Å². The summed E-state index contributed by atoms with van der Waals surface area (Å²) in [7, 11) is -4.38. The summed E-state index contributed by atoms with van der Waals surface area (Å²) in [6.07, 6.45) is 0. The van der Waals surface area contributed by atoms with Crippen LogP contribution in [0.2, 0.25) is 0 Å². The molecule has 0 aliphatic heterocycles. The van der Waals surface area contributed by atoms with Crippen LogP contribution in [0.1, 0.15) is 6.92 Å². The summed E-state index contributed by atoms with van der Waals surface area (Å²) in [5.41, 5.74) is 4.84. The summed E-state index contributed by atoms with van der Waals surface area (Å²) >= 11 is 0. The molecule has 0 aromatic carbocycles. The van der Waals surface area contributed by atoms with Crippen LogP contribution < -0.4 is 5.73 Å². The Bertz CT molecular complexity index is 153. The first kappa shape index (κ1) is 7.84. The van der Waals surface area contributed by atoms with E-state index in [0.29, 0.717) is 0 Å². The normalized spacial score (nSPS) is 15.9. The van der Waals surface area contributed by atoms with E-state index in [1.54, 1.807) is 0 Å². The van der Waals surface area contributed by atoms with Gasteiger partial charge in [-0.1, -0.05) is 0 Å². The number of hydrogen-bond donors (Lipinski definition) is 1. The lowest BCUT2D eigenvalue weighted by Crippen LogP contribution is -2.22. The van der Waals surface area contributed by atoms with Crippen LogP contribution in [0.25, 0.3) is 0 Å². The molecule has 0 radical (unpaired) electrons. The van der Waals surface area contributed by atoms with Crippen LogP contribution in [0, 0.1) is 0 Å². The largest absolute Gasteiger partial charge is 0.329 e. The SMILES string of the molecule is CC(CN)S(=O)(=O)F. The van der Waals surface area contributed by atoms with Gasteiger partial charge in [0.1, 0.15) is 5.25 Å². The molecule has 0 aromatic heterocycles. The molecule has 0 aliphatic rings. The van der Waals surface area contributed by atoms with E-state index in [4.69, 9.17) is 5.73 Å². The van der Waals surface area contributed by atoms with E-state index in [2.05, 4.69) is 0 Å². The molecular weight excluding hydrogens is 133 g/mol. The van der Waals surface area contributed by atoms with Gasteiger partial charge in [-0.25, -0.2) is 0 Å².